The summed E-state index contributed by atoms with van der Waals surface area (Å²) >= 11 is 0. The maximum Gasteiger partial charge on any atom is 0.134 e. The lowest BCUT2D eigenvalue weighted by molar-refractivity contribution is 0.420. The van der Waals surface area contributed by atoms with E-state index in [1.54, 1.807) is 18.2 Å². The third kappa shape index (κ3) is 3.30. The summed E-state index contributed by atoms with van der Waals surface area (Å²) in [5.41, 5.74) is 10.0. The summed E-state index contributed by atoms with van der Waals surface area (Å²) in [7, 11) is 0. The highest BCUT2D eigenvalue weighted by molar-refractivity contribution is 5.44. The van der Waals surface area contributed by atoms with Gasteiger partial charge in [-0.25, -0.2) is 0 Å². The van der Waals surface area contributed by atoms with E-state index in [4.69, 9.17) is 5.73 Å². The van der Waals surface area contributed by atoms with Crippen LogP contribution in [0.3, 0.4) is 0 Å². The predicted molar refractivity (Wildman–Crippen MR) is 86.0 cm³/mol. The van der Waals surface area contributed by atoms with Gasteiger partial charge in [0.15, 0.2) is 0 Å². The molecule has 0 saturated heterocycles. The molecule has 3 heteroatoms. The zero-order valence-corrected chi connectivity index (χ0v) is 12.8. The van der Waals surface area contributed by atoms with Crippen LogP contribution in [0.4, 0.5) is 0 Å². The lowest BCUT2D eigenvalue weighted by atomic mass is 9.81. The van der Waals surface area contributed by atoms with E-state index in [0.717, 1.165) is 5.56 Å². The molecule has 1 aliphatic rings. The molecule has 0 saturated carbocycles. The summed E-state index contributed by atoms with van der Waals surface area (Å²) in [6.07, 6.45) is 4.20. The molecule has 0 aliphatic heterocycles. The number of rotatable bonds is 3. The number of aliphatic hydroxyl groups is 1. The molecular formula is C18H23NO2. The summed E-state index contributed by atoms with van der Waals surface area (Å²) in [6.45, 7) is 6.50. The van der Waals surface area contributed by atoms with E-state index in [1.807, 2.05) is 18.2 Å². The van der Waals surface area contributed by atoms with Crippen LogP contribution in [-0.2, 0) is 0 Å². The number of nitrogens with two attached hydrogens (primary N) is 1. The topological polar surface area (TPSA) is 66.5 Å². The minimum absolute atomic E-state index is 0.166. The van der Waals surface area contributed by atoms with Crippen molar-refractivity contribution in [3.63, 3.8) is 0 Å². The van der Waals surface area contributed by atoms with Crippen molar-refractivity contribution in [2.45, 2.75) is 33.1 Å². The maximum absolute atomic E-state index is 9.62. The van der Waals surface area contributed by atoms with E-state index < -0.39 is 0 Å². The normalized spacial score (nSPS) is 19.0. The van der Waals surface area contributed by atoms with Gasteiger partial charge in [-0.1, -0.05) is 44.6 Å². The molecule has 1 unspecified atom stereocenters. The number of aromatic hydroxyl groups is 1. The summed E-state index contributed by atoms with van der Waals surface area (Å²) in [6, 6.07) is 7.33. The van der Waals surface area contributed by atoms with Crippen molar-refractivity contribution in [1.29, 1.82) is 0 Å². The van der Waals surface area contributed by atoms with Crippen LogP contribution >= 0.6 is 0 Å². The molecule has 0 bridgehead atoms. The van der Waals surface area contributed by atoms with Crippen LogP contribution in [0.15, 0.2) is 59.0 Å². The Morgan fingerprint density at radius 1 is 1.05 bits per heavy atom. The van der Waals surface area contributed by atoms with E-state index >= 15 is 0 Å². The molecule has 1 atom stereocenters. The fraction of sp³-hybridized carbons (Fsp3) is 0.333. The molecule has 0 spiro atoms. The van der Waals surface area contributed by atoms with Crippen LogP contribution in [0.5, 0.6) is 5.75 Å². The summed E-state index contributed by atoms with van der Waals surface area (Å²) in [5, 5.41) is 19.0. The van der Waals surface area contributed by atoms with Gasteiger partial charge in [0.05, 0.1) is 5.70 Å². The molecule has 0 heterocycles. The number of benzene rings is 1. The van der Waals surface area contributed by atoms with Crippen LogP contribution in [0.1, 0.15) is 38.7 Å². The fourth-order valence-electron chi connectivity index (χ4n) is 2.93. The molecule has 4 N–H and O–H groups in total. The minimum Gasteiger partial charge on any atom is -0.508 e. The largest absolute Gasteiger partial charge is 0.508 e. The number of aliphatic hydroxyl groups excluding tert-OH is 1. The number of hydrogen-bond acceptors (Lipinski definition) is 3. The first kappa shape index (κ1) is 15.2. The zero-order valence-electron chi connectivity index (χ0n) is 12.8. The average molecular weight is 285 g/mol. The number of phenols is 1. The fourth-order valence-corrected chi connectivity index (χ4v) is 2.93. The Morgan fingerprint density at radius 2 is 1.67 bits per heavy atom. The first-order valence-electron chi connectivity index (χ1n) is 7.27. The Balaban J connectivity index is 2.40. The number of allylic oxidation sites excluding steroid dienone is 4. The summed E-state index contributed by atoms with van der Waals surface area (Å²) in [4.78, 5) is 0. The van der Waals surface area contributed by atoms with Crippen LogP contribution in [-0.4, -0.2) is 10.2 Å². The molecule has 0 aromatic heterocycles. The van der Waals surface area contributed by atoms with Crippen molar-refractivity contribution in [3.05, 3.63) is 64.6 Å². The van der Waals surface area contributed by atoms with Gasteiger partial charge in [-0.3, -0.25) is 0 Å². The molecule has 1 aliphatic carbocycles. The molecule has 1 aromatic rings. The SMILES string of the molecule is CC(C)C(=C1C=CC(O)=C(N)C1)C(C)c1ccc(O)cc1. The molecule has 2 rings (SSSR count). The third-order valence-corrected chi connectivity index (χ3v) is 4.00. The molecule has 21 heavy (non-hydrogen) atoms. The smallest absolute Gasteiger partial charge is 0.134 e. The lowest BCUT2D eigenvalue weighted by Gasteiger charge is -2.25. The van der Waals surface area contributed by atoms with Gasteiger partial charge in [0.2, 0.25) is 0 Å². The molecular weight excluding hydrogens is 262 g/mol. The first-order valence-corrected chi connectivity index (χ1v) is 7.27. The van der Waals surface area contributed by atoms with E-state index in [9.17, 15) is 10.2 Å². The maximum atomic E-state index is 9.62. The highest BCUT2D eigenvalue weighted by Crippen LogP contribution is 2.36. The second-order valence-electron chi connectivity index (χ2n) is 5.87. The van der Waals surface area contributed by atoms with Gasteiger partial charge in [0.25, 0.3) is 0 Å². The molecule has 1 aromatic carbocycles. The molecule has 0 amide bonds. The Kier molecular flexibility index (Phi) is 4.41. The predicted octanol–water partition coefficient (Wildman–Crippen LogP) is 4.14. The van der Waals surface area contributed by atoms with Gasteiger partial charge in [0.1, 0.15) is 11.5 Å². The second-order valence-corrected chi connectivity index (χ2v) is 5.87. The monoisotopic (exact) mass is 285 g/mol. The minimum atomic E-state index is 0.166. The number of hydrogen-bond donors (Lipinski definition) is 3. The Labute approximate surface area is 126 Å². The van der Waals surface area contributed by atoms with Gasteiger partial charge in [-0.2, -0.15) is 0 Å². The average Bonchev–Trinajstić information content (AvgIpc) is 2.43. The van der Waals surface area contributed by atoms with Gasteiger partial charge < -0.3 is 15.9 Å². The molecule has 3 nitrogen and oxygen atoms in total. The van der Waals surface area contributed by atoms with E-state index in [-0.39, 0.29) is 17.4 Å². The summed E-state index contributed by atoms with van der Waals surface area (Å²) in [5.74, 6) is 1.05. The van der Waals surface area contributed by atoms with Crippen LogP contribution < -0.4 is 5.73 Å². The molecule has 112 valence electrons. The van der Waals surface area contributed by atoms with Crippen molar-refractivity contribution < 1.29 is 10.2 Å². The molecule has 0 fully saturated rings. The molecule has 0 radical (unpaired) electrons. The van der Waals surface area contributed by atoms with Gasteiger partial charge in [-0.05, 0) is 35.3 Å². The zero-order chi connectivity index (χ0) is 15.6. The van der Waals surface area contributed by atoms with E-state index in [2.05, 4.69) is 20.8 Å². The Bertz CT molecular complexity index is 607. The summed E-state index contributed by atoms with van der Waals surface area (Å²) < 4.78 is 0. The van der Waals surface area contributed by atoms with Gasteiger partial charge >= 0.3 is 0 Å². The third-order valence-electron chi connectivity index (χ3n) is 4.00. The lowest BCUT2D eigenvalue weighted by Crippen LogP contribution is -2.12. The Hall–Kier alpha value is -2.16. The standard InChI is InChI=1S/C18H23NO2/c1-11(2)18(14-6-9-17(21)16(19)10-14)12(3)13-4-7-15(20)8-5-13/h4-9,11-12,20-21H,10,19H2,1-3H3. The van der Waals surface area contributed by atoms with Crippen LogP contribution in [0.25, 0.3) is 0 Å². The van der Waals surface area contributed by atoms with Crippen LogP contribution in [0, 0.1) is 5.92 Å². The number of phenolic OH excluding ortho intramolecular Hbond substituents is 1. The highest BCUT2D eigenvalue weighted by atomic mass is 16.3. The van der Waals surface area contributed by atoms with E-state index in [0.29, 0.717) is 18.0 Å². The van der Waals surface area contributed by atoms with E-state index in [1.165, 1.54) is 11.1 Å². The highest BCUT2D eigenvalue weighted by Gasteiger charge is 2.20. The van der Waals surface area contributed by atoms with Crippen molar-refractivity contribution in [2.24, 2.45) is 11.7 Å². The quantitative estimate of drug-likeness (QED) is 0.782. The second kappa shape index (κ2) is 6.08. The van der Waals surface area contributed by atoms with Crippen molar-refractivity contribution in [2.75, 3.05) is 0 Å². The van der Waals surface area contributed by atoms with Gasteiger partial charge in [0, 0.05) is 12.3 Å². The van der Waals surface area contributed by atoms with Crippen molar-refractivity contribution in [3.8, 4) is 5.75 Å². The van der Waals surface area contributed by atoms with Crippen LogP contribution in [0.2, 0.25) is 0 Å². The van der Waals surface area contributed by atoms with Crippen molar-refractivity contribution in [1.82, 2.24) is 0 Å². The van der Waals surface area contributed by atoms with Gasteiger partial charge in [-0.15, -0.1) is 0 Å². The van der Waals surface area contributed by atoms with Crippen molar-refractivity contribution >= 4 is 0 Å². The first-order chi connectivity index (χ1) is 9.90. The Morgan fingerprint density at radius 3 is 2.19 bits per heavy atom.